The average molecular weight is 310 g/mol. The van der Waals surface area contributed by atoms with E-state index in [-0.39, 0.29) is 6.04 Å². The molecule has 0 aliphatic rings. The zero-order valence-corrected chi connectivity index (χ0v) is 13.6. The SMILES string of the molecule is CCC(N)Cc1ccc(Cl)cc1Sc1cc(C)nn1C. The van der Waals surface area contributed by atoms with E-state index in [9.17, 15) is 0 Å². The van der Waals surface area contributed by atoms with Crippen molar-refractivity contribution in [2.75, 3.05) is 0 Å². The topological polar surface area (TPSA) is 43.8 Å². The predicted octanol–water partition coefficient (Wildman–Crippen LogP) is 3.81. The number of nitrogens with zero attached hydrogens (tertiary/aromatic N) is 2. The van der Waals surface area contributed by atoms with Gasteiger partial charge < -0.3 is 5.73 Å². The molecule has 1 aromatic carbocycles. The molecule has 2 N–H and O–H groups in total. The minimum absolute atomic E-state index is 0.184. The fraction of sp³-hybridized carbons (Fsp3) is 0.400. The van der Waals surface area contributed by atoms with Gasteiger partial charge >= 0.3 is 0 Å². The standard InChI is InChI=1S/C15H20ClN3S/c1-4-13(17)8-11-5-6-12(16)9-14(11)20-15-7-10(2)18-19(15)3/h5-7,9,13H,4,8,17H2,1-3H3. The fourth-order valence-corrected chi connectivity index (χ4v) is 3.35. The molecule has 0 saturated carbocycles. The third-order valence-corrected chi connectivity index (χ3v) is 4.64. The van der Waals surface area contributed by atoms with Gasteiger partial charge in [-0.15, -0.1) is 0 Å². The first-order chi connectivity index (χ1) is 9.49. The zero-order chi connectivity index (χ0) is 14.7. The minimum atomic E-state index is 0.184. The lowest BCUT2D eigenvalue weighted by Gasteiger charge is -2.13. The molecule has 108 valence electrons. The third-order valence-electron chi connectivity index (χ3n) is 3.21. The summed E-state index contributed by atoms with van der Waals surface area (Å²) < 4.78 is 1.89. The molecule has 0 fully saturated rings. The van der Waals surface area contributed by atoms with Crippen LogP contribution in [0.4, 0.5) is 0 Å². The molecule has 5 heteroatoms. The molecule has 1 heterocycles. The molecule has 0 bridgehead atoms. The van der Waals surface area contributed by atoms with Crippen molar-refractivity contribution in [3.05, 3.63) is 40.5 Å². The summed E-state index contributed by atoms with van der Waals surface area (Å²) in [4.78, 5) is 1.16. The first-order valence-corrected chi connectivity index (χ1v) is 7.91. The van der Waals surface area contributed by atoms with Gasteiger partial charge in [-0.2, -0.15) is 5.10 Å². The normalized spacial score (nSPS) is 12.7. The highest BCUT2D eigenvalue weighted by molar-refractivity contribution is 7.99. The van der Waals surface area contributed by atoms with Gasteiger partial charge in [0, 0.05) is 23.0 Å². The number of benzene rings is 1. The van der Waals surface area contributed by atoms with Gasteiger partial charge in [-0.25, -0.2) is 0 Å². The van der Waals surface area contributed by atoms with Gasteiger partial charge in [-0.05, 0) is 43.5 Å². The van der Waals surface area contributed by atoms with Gasteiger partial charge in [-0.3, -0.25) is 4.68 Å². The first-order valence-electron chi connectivity index (χ1n) is 6.72. The molecule has 0 aliphatic heterocycles. The number of nitrogens with two attached hydrogens (primary N) is 1. The monoisotopic (exact) mass is 309 g/mol. The number of aromatic nitrogens is 2. The second kappa shape index (κ2) is 6.66. The maximum absolute atomic E-state index is 6.13. The maximum atomic E-state index is 6.13. The largest absolute Gasteiger partial charge is 0.327 e. The molecule has 0 radical (unpaired) electrons. The molecule has 1 unspecified atom stereocenters. The summed E-state index contributed by atoms with van der Waals surface area (Å²) in [6, 6.07) is 8.27. The van der Waals surface area contributed by atoms with Crippen LogP contribution in [0, 0.1) is 6.92 Å². The quantitative estimate of drug-likeness (QED) is 0.913. The Morgan fingerprint density at radius 3 is 2.75 bits per heavy atom. The van der Waals surface area contributed by atoms with Crippen LogP contribution in [0.3, 0.4) is 0 Å². The van der Waals surface area contributed by atoms with Gasteiger partial charge in [0.25, 0.3) is 0 Å². The molecule has 0 spiro atoms. The molecular weight excluding hydrogens is 290 g/mol. The Morgan fingerprint density at radius 1 is 1.40 bits per heavy atom. The van der Waals surface area contributed by atoms with Crippen LogP contribution in [-0.4, -0.2) is 15.8 Å². The maximum Gasteiger partial charge on any atom is 0.0987 e. The van der Waals surface area contributed by atoms with Crippen molar-refractivity contribution in [2.45, 2.75) is 42.7 Å². The van der Waals surface area contributed by atoms with Crippen LogP contribution in [0.2, 0.25) is 5.02 Å². The Balaban J connectivity index is 2.29. The Morgan fingerprint density at radius 2 is 2.15 bits per heavy atom. The molecule has 3 nitrogen and oxygen atoms in total. The summed E-state index contributed by atoms with van der Waals surface area (Å²) in [7, 11) is 1.96. The van der Waals surface area contributed by atoms with Gasteiger partial charge in [0.1, 0.15) is 0 Å². The van der Waals surface area contributed by atoms with Crippen LogP contribution >= 0.6 is 23.4 Å². The Hall–Kier alpha value is -0.970. The van der Waals surface area contributed by atoms with Crippen LogP contribution in [0.25, 0.3) is 0 Å². The fourth-order valence-electron chi connectivity index (χ4n) is 2.01. The Labute approximate surface area is 129 Å². The Bertz CT molecular complexity index is 595. The average Bonchev–Trinajstić information content (AvgIpc) is 2.71. The van der Waals surface area contributed by atoms with Gasteiger partial charge in [0.2, 0.25) is 0 Å². The van der Waals surface area contributed by atoms with E-state index in [1.165, 1.54) is 5.56 Å². The van der Waals surface area contributed by atoms with Crippen molar-refractivity contribution in [2.24, 2.45) is 12.8 Å². The molecule has 0 aliphatic carbocycles. The number of hydrogen-bond acceptors (Lipinski definition) is 3. The molecule has 1 aromatic heterocycles. The zero-order valence-electron chi connectivity index (χ0n) is 12.1. The van der Waals surface area contributed by atoms with Crippen LogP contribution in [-0.2, 0) is 13.5 Å². The highest BCUT2D eigenvalue weighted by Gasteiger charge is 2.11. The van der Waals surface area contributed by atoms with E-state index in [1.807, 2.05) is 30.8 Å². The van der Waals surface area contributed by atoms with Crippen LogP contribution < -0.4 is 5.73 Å². The summed E-state index contributed by atoms with van der Waals surface area (Å²) in [5.74, 6) is 0. The van der Waals surface area contributed by atoms with Crippen LogP contribution in [0.1, 0.15) is 24.6 Å². The summed E-state index contributed by atoms with van der Waals surface area (Å²) in [6.45, 7) is 4.10. The molecule has 0 saturated heterocycles. The van der Waals surface area contributed by atoms with Crippen LogP contribution in [0.15, 0.2) is 34.2 Å². The highest BCUT2D eigenvalue weighted by atomic mass is 35.5. The number of rotatable bonds is 5. The van der Waals surface area contributed by atoms with Gasteiger partial charge in [0.15, 0.2) is 0 Å². The van der Waals surface area contributed by atoms with Crippen molar-refractivity contribution in [1.29, 1.82) is 0 Å². The van der Waals surface area contributed by atoms with Crippen molar-refractivity contribution < 1.29 is 0 Å². The minimum Gasteiger partial charge on any atom is -0.327 e. The van der Waals surface area contributed by atoms with E-state index >= 15 is 0 Å². The lowest BCUT2D eigenvalue weighted by atomic mass is 10.1. The summed E-state index contributed by atoms with van der Waals surface area (Å²) in [5.41, 5.74) is 8.34. The van der Waals surface area contributed by atoms with E-state index in [1.54, 1.807) is 11.8 Å². The lowest BCUT2D eigenvalue weighted by molar-refractivity contribution is 0.641. The van der Waals surface area contributed by atoms with E-state index in [0.29, 0.717) is 0 Å². The summed E-state index contributed by atoms with van der Waals surface area (Å²) in [6.07, 6.45) is 1.84. The van der Waals surface area contributed by atoms with E-state index in [4.69, 9.17) is 17.3 Å². The third kappa shape index (κ3) is 3.78. The van der Waals surface area contributed by atoms with Crippen molar-refractivity contribution in [3.63, 3.8) is 0 Å². The first kappa shape index (κ1) is 15.4. The lowest BCUT2D eigenvalue weighted by Crippen LogP contribution is -2.21. The number of halogens is 1. The molecule has 2 rings (SSSR count). The number of hydrogen-bond donors (Lipinski definition) is 1. The molecule has 1 atom stereocenters. The molecular formula is C15H20ClN3S. The van der Waals surface area contributed by atoms with Gasteiger partial charge in [-0.1, -0.05) is 36.4 Å². The van der Waals surface area contributed by atoms with Gasteiger partial charge in [0.05, 0.1) is 10.7 Å². The van der Waals surface area contributed by atoms with E-state index in [2.05, 4.69) is 24.2 Å². The predicted molar refractivity (Wildman–Crippen MR) is 85.5 cm³/mol. The molecule has 2 aromatic rings. The van der Waals surface area contributed by atoms with Crippen molar-refractivity contribution in [3.8, 4) is 0 Å². The Kier molecular flexibility index (Phi) is 5.13. The smallest absolute Gasteiger partial charge is 0.0987 e. The molecule has 20 heavy (non-hydrogen) atoms. The van der Waals surface area contributed by atoms with E-state index < -0.39 is 0 Å². The summed E-state index contributed by atoms with van der Waals surface area (Å²) in [5, 5.41) is 6.23. The second-order valence-electron chi connectivity index (χ2n) is 4.97. The molecule has 0 amide bonds. The van der Waals surface area contributed by atoms with Crippen molar-refractivity contribution in [1.82, 2.24) is 9.78 Å². The number of aryl methyl sites for hydroxylation is 2. The highest BCUT2D eigenvalue weighted by Crippen LogP contribution is 2.33. The van der Waals surface area contributed by atoms with E-state index in [0.717, 1.165) is 33.5 Å². The second-order valence-corrected chi connectivity index (χ2v) is 6.47. The summed E-state index contributed by atoms with van der Waals surface area (Å²) >= 11 is 7.82. The van der Waals surface area contributed by atoms with Crippen molar-refractivity contribution >= 4 is 23.4 Å². The van der Waals surface area contributed by atoms with Crippen LogP contribution in [0.5, 0.6) is 0 Å².